The lowest BCUT2D eigenvalue weighted by molar-refractivity contribution is -0.158. The summed E-state index contributed by atoms with van der Waals surface area (Å²) in [5.74, 6) is -2.37. The third-order valence-corrected chi connectivity index (χ3v) is 4.31. The van der Waals surface area contributed by atoms with Gasteiger partial charge in [0.1, 0.15) is 5.92 Å². The molecule has 3 rings (SSSR count). The van der Waals surface area contributed by atoms with E-state index >= 15 is 0 Å². The lowest BCUT2D eigenvalue weighted by Crippen LogP contribution is -2.55. The summed E-state index contributed by atoms with van der Waals surface area (Å²) in [6, 6.07) is -0.620. The van der Waals surface area contributed by atoms with Crippen molar-refractivity contribution in [3.63, 3.8) is 0 Å². The van der Waals surface area contributed by atoms with E-state index in [4.69, 9.17) is 9.84 Å². The fourth-order valence-corrected chi connectivity index (χ4v) is 3.29. The number of likely N-dealkylation sites (tertiary alicyclic amines) is 1. The number of carbonyl (C=O) groups is 3. The summed E-state index contributed by atoms with van der Waals surface area (Å²) in [5, 5.41) is 9.10. The van der Waals surface area contributed by atoms with E-state index in [1.165, 1.54) is 4.90 Å². The fraction of sp³-hybridized carbons (Fsp3) is 0.750. The van der Waals surface area contributed by atoms with Gasteiger partial charge in [0.25, 0.3) is 0 Å². The average molecular weight is 253 g/mol. The number of hydrogen-bond acceptors (Lipinski definition) is 4. The maximum Gasteiger partial charge on any atom is 0.311 e. The Hall–Kier alpha value is -1.43. The molecule has 0 spiro atoms. The molecule has 3 fully saturated rings. The van der Waals surface area contributed by atoms with Crippen LogP contribution in [0.25, 0.3) is 0 Å². The van der Waals surface area contributed by atoms with E-state index in [2.05, 4.69) is 0 Å². The molecule has 98 valence electrons. The summed E-state index contributed by atoms with van der Waals surface area (Å²) in [6.07, 6.45) is 2.13. The quantitative estimate of drug-likeness (QED) is 0.693. The predicted molar refractivity (Wildman–Crippen MR) is 58.4 cm³/mol. The number of carbonyl (C=O) groups excluding carboxylic acids is 2. The van der Waals surface area contributed by atoms with Crippen LogP contribution in [0, 0.1) is 17.8 Å². The Balaban J connectivity index is 1.88. The third kappa shape index (κ3) is 1.55. The van der Waals surface area contributed by atoms with Gasteiger partial charge in [-0.05, 0) is 19.3 Å². The summed E-state index contributed by atoms with van der Waals surface area (Å²) < 4.78 is 5.14. The van der Waals surface area contributed by atoms with Crippen molar-refractivity contribution in [2.75, 3.05) is 13.2 Å². The van der Waals surface area contributed by atoms with Gasteiger partial charge in [-0.1, -0.05) is 0 Å². The van der Waals surface area contributed by atoms with Gasteiger partial charge in [-0.3, -0.25) is 19.3 Å². The molecule has 1 N–H and O–H groups in total. The molecule has 6 nitrogen and oxygen atoms in total. The van der Waals surface area contributed by atoms with Crippen molar-refractivity contribution in [3.8, 4) is 0 Å². The number of amides is 2. The van der Waals surface area contributed by atoms with E-state index in [9.17, 15) is 14.4 Å². The lowest BCUT2D eigenvalue weighted by Gasteiger charge is -2.35. The van der Waals surface area contributed by atoms with Gasteiger partial charge in [-0.15, -0.1) is 0 Å². The van der Waals surface area contributed by atoms with Crippen LogP contribution in [0.2, 0.25) is 0 Å². The SMILES string of the molecule is O=C(O)C1COCC1N1C(=O)C2CCC(C2)C1=O. The van der Waals surface area contributed by atoms with E-state index in [-0.39, 0.29) is 36.9 Å². The molecule has 4 unspecified atom stereocenters. The van der Waals surface area contributed by atoms with Crippen molar-refractivity contribution >= 4 is 17.8 Å². The van der Waals surface area contributed by atoms with Crippen molar-refractivity contribution in [2.45, 2.75) is 25.3 Å². The number of piperidine rings is 1. The van der Waals surface area contributed by atoms with Gasteiger partial charge in [0.05, 0.1) is 19.3 Å². The summed E-state index contributed by atoms with van der Waals surface area (Å²) >= 11 is 0. The number of ether oxygens (including phenoxy) is 1. The first-order valence-corrected chi connectivity index (χ1v) is 6.27. The predicted octanol–water partition coefficient (Wildman–Crippen LogP) is -0.129. The van der Waals surface area contributed by atoms with Crippen LogP contribution < -0.4 is 0 Å². The molecule has 3 aliphatic rings. The molecule has 1 aliphatic carbocycles. The number of nitrogens with zero attached hydrogens (tertiary/aromatic N) is 1. The molecule has 0 aromatic carbocycles. The summed E-state index contributed by atoms with van der Waals surface area (Å²) in [6.45, 7) is 0.222. The Morgan fingerprint density at radius 2 is 1.78 bits per heavy atom. The van der Waals surface area contributed by atoms with Gasteiger partial charge in [-0.2, -0.15) is 0 Å². The van der Waals surface area contributed by atoms with Gasteiger partial charge in [0.15, 0.2) is 0 Å². The fourth-order valence-electron chi connectivity index (χ4n) is 3.29. The molecule has 2 aliphatic heterocycles. The zero-order valence-electron chi connectivity index (χ0n) is 9.87. The molecule has 0 radical (unpaired) electrons. The van der Waals surface area contributed by atoms with Crippen molar-refractivity contribution in [1.29, 1.82) is 0 Å². The maximum atomic E-state index is 12.2. The minimum absolute atomic E-state index is 0.0758. The highest BCUT2D eigenvalue weighted by molar-refractivity contribution is 6.01. The number of carboxylic acid groups (broad SMARTS) is 1. The number of imide groups is 1. The highest BCUT2D eigenvalue weighted by atomic mass is 16.5. The smallest absolute Gasteiger partial charge is 0.311 e. The summed E-state index contributed by atoms with van der Waals surface area (Å²) in [5.41, 5.74) is 0. The second-order valence-corrected chi connectivity index (χ2v) is 5.30. The molecular formula is C12H15NO5. The van der Waals surface area contributed by atoms with E-state index in [0.29, 0.717) is 6.42 Å². The Labute approximate surface area is 104 Å². The standard InChI is InChI=1S/C12H15NO5/c14-10-6-1-2-7(3-6)11(15)13(10)9-5-18-4-8(9)12(16)17/h6-9H,1-5H2,(H,16,17). The third-order valence-electron chi connectivity index (χ3n) is 4.31. The number of aliphatic carboxylic acids is 1. The normalized spacial score (nSPS) is 39.4. The van der Waals surface area contributed by atoms with Crippen LogP contribution >= 0.6 is 0 Å². The second kappa shape index (κ2) is 4.05. The van der Waals surface area contributed by atoms with E-state index in [1.807, 2.05) is 0 Å². The minimum Gasteiger partial charge on any atom is -0.481 e. The van der Waals surface area contributed by atoms with E-state index in [0.717, 1.165) is 12.8 Å². The molecule has 2 heterocycles. The minimum atomic E-state index is -1.00. The van der Waals surface area contributed by atoms with Crippen molar-refractivity contribution in [2.24, 2.45) is 17.8 Å². The number of carboxylic acids is 1. The molecule has 18 heavy (non-hydrogen) atoms. The zero-order valence-corrected chi connectivity index (χ0v) is 9.87. The number of hydrogen-bond donors (Lipinski definition) is 1. The van der Waals surface area contributed by atoms with Crippen LogP contribution in [0.15, 0.2) is 0 Å². The topological polar surface area (TPSA) is 83.9 Å². The highest BCUT2D eigenvalue weighted by Gasteiger charge is 2.51. The Kier molecular flexibility index (Phi) is 2.62. The van der Waals surface area contributed by atoms with Crippen LogP contribution in [0.1, 0.15) is 19.3 Å². The monoisotopic (exact) mass is 253 g/mol. The molecular weight excluding hydrogens is 238 g/mol. The zero-order chi connectivity index (χ0) is 12.9. The van der Waals surface area contributed by atoms with Gasteiger partial charge in [0.2, 0.25) is 11.8 Å². The first kappa shape index (κ1) is 11.6. The summed E-state index contributed by atoms with van der Waals surface area (Å²) in [7, 11) is 0. The first-order chi connectivity index (χ1) is 8.59. The molecule has 2 amide bonds. The highest BCUT2D eigenvalue weighted by Crippen LogP contribution is 2.40. The van der Waals surface area contributed by atoms with Crippen LogP contribution in [0.4, 0.5) is 0 Å². The van der Waals surface area contributed by atoms with E-state index in [1.54, 1.807) is 0 Å². The Morgan fingerprint density at radius 1 is 1.17 bits per heavy atom. The molecule has 0 aromatic rings. The average Bonchev–Trinajstić information content (AvgIpc) is 2.95. The van der Waals surface area contributed by atoms with Crippen LogP contribution in [0.5, 0.6) is 0 Å². The van der Waals surface area contributed by atoms with Gasteiger partial charge in [0, 0.05) is 11.8 Å². The first-order valence-electron chi connectivity index (χ1n) is 6.27. The molecule has 0 aromatic heterocycles. The molecule has 6 heteroatoms. The van der Waals surface area contributed by atoms with Crippen molar-refractivity contribution < 1.29 is 24.2 Å². The molecule has 2 saturated heterocycles. The molecule has 4 atom stereocenters. The van der Waals surface area contributed by atoms with Crippen LogP contribution in [-0.4, -0.2) is 47.0 Å². The second-order valence-electron chi connectivity index (χ2n) is 5.30. The van der Waals surface area contributed by atoms with Crippen molar-refractivity contribution in [1.82, 2.24) is 4.90 Å². The van der Waals surface area contributed by atoms with Gasteiger partial charge in [-0.25, -0.2) is 0 Å². The Bertz CT molecular complexity index is 399. The number of fused-ring (bicyclic) bond motifs is 2. The maximum absolute atomic E-state index is 12.2. The van der Waals surface area contributed by atoms with Crippen LogP contribution in [-0.2, 0) is 19.1 Å². The van der Waals surface area contributed by atoms with E-state index < -0.39 is 17.9 Å². The largest absolute Gasteiger partial charge is 0.481 e. The van der Waals surface area contributed by atoms with Gasteiger partial charge >= 0.3 is 5.97 Å². The van der Waals surface area contributed by atoms with Crippen molar-refractivity contribution in [3.05, 3.63) is 0 Å². The lowest BCUT2D eigenvalue weighted by atomic mass is 9.92. The Morgan fingerprint density at radius 3 is 2.33 bits per heavy atom. The van der Waals surface area contributed by atoms with Gasteiger partial charge < -0.3 is 9.84 Å². The molecule has 2 bridgehead atoms. The molecule has 1 saturated carbocycles. The van der Waals surface area contributed by atoms with Crippen LogP contribution in [0.3, 0.4) is 0 Å². The summed E-state index contributed by atoms with van der Waals surface area (Å²) in [4.78, 5) is 36.7. The number of rotatable bonds is 2.